The van der Waals surface area contributed by atoms with Crippen molar-refractivity contribution in [2.45, 2.75) is 19.4 Å². The van der Waals surface area contributed by atoms with Crippen LogP contribution in [-0.4, -0.2) is 23.8 Å². The molecule has 0 aliphatic carbocycles. The molecule has 0 amide bonds. The van der Waals surface area contributed by atoms with Gasteiger partial charge in [-0.2, -0.15) is 0 Å². The zero-order valence-corrected chi connectivity index (χ0v) is 8.14. The molecule has 0 fully saturated rings. The van der Waals surface area contributed by atoms with Crippen LogP contribution in [0, 0.1) is 0 Å². The molecule has 1 aromatic rings. The minimum Gasteiger partial charge on any atom is -0.460 e. The predicted octanol–water partition coefficient (Wildman–Crippen LogP) is 1.15. The maximum Gasteiger partial charge on any atom is 0.302 e. The highest BCUT2D eigenvalue weighted by Crippen LogP contribution is 2.05. The summed E-state index contributed by atoms with van der Waals surface area (Å²) in [4.78, 5) is 10.7. The van der Waals surface area contributed by atoms with E-state index in [2.05, 4.69) is 0 Å². The van der Waals surface area contributed by atoms with Gasteiger partial charge in [-0.05, 0) is 5.56 Å². The van der Waals surface area contributed by atoms with E-state index < -0.39 is 6.10 Å². The molecule has 0 aliphatic heterocycles. The van der Waals surface area contributed by atoms with Crippen molar-refractivity contribution in [1.82, 2.24) is 0 Å². The minimum atomic E-state index is -0.435. The molecular formula is C11H14O3. The molecule has 3 heteroatoms. The number of aliphatic hydroxyl groups is 1. The molecule has 76 valence electrons. The van der Waals surface area contributed by atoms with Crippen molar-refractivity contribution >= 4 is 5.97 Å². The third-order valence-corrected chi connectivity index (χ3v) is 1.84. The smallest absolute Gasteiger partial charge is 0.302 e. The Kier molecular flexibility index (Phi) is 4.13. The Bertz CT molecular complexity index is 282. The number of hydrogen-bond acceptors (Lipinski definition) is 3. The number of hydrogen-bond donors (Lipinski definition) is 1. The highest BCUT2D eigenvalue weighted by Gasteiger charge is 2.10. The van der Waals surface area contributed by atoms with Crippen molar-refractivity contribution in [3.8, 4) is 0 Å². The molecular weight excluding hydrogens is 180 g/mol. The Morgan fingerprint density at radius 3 is 2.57 bits per heavy atom. The first-order valence-corrected chi connectivity index (χ1v) is 4.54. The lowest BCUT2D eigenvalue weighted by Gasteiger charge is -2.13. The number of aliphatic hydroxyl groups excluding tert-OH is 1. The Balaban J connectivity index is 2.53. The molecule has 1 N–H and O–H groups in total. The van der Waals surface area contributed by atoms with E-state index in [-0.39, 0.29) is 12.6 Å². The van der Waals surface area contributed by atoms with Gasteiger partial charge in [-0.3, -0.25) is 4.79 Å². The quantitative estimate of drug-likeness (QED) is 0.731. The fourth-order valence-corrected chi connectivity index (χ4v) is 1.26. The zero-order chi connectivity index (χ0) is 10.4. The van der Waals surface area contributed by atoms with Gasteiger partial charge in [0.2, 0.25) is 0 Å². The molecule has 0 spiro atoms. The van der Waals surface area contributed by atoms with Crippen LogP contribution in [0.25, 0.3) is 0 Å². The van der Waals surface area contributed by atoms with E-state index in [1.54, 1.807) is 0 Å². The molecule has 0 unspecified atom stereocenters. The van der Waals surface area contributed by atoms with Crippen molar-refractivity contribution in [3.05, 3.63) is 35.9 Å². The average Bonchev–Trinajstić information content (AvgIpc) is 2.17. The van der Waals surface area contributed by atoms with Gasteiger partial charge < -0.3 is 9.84 Å². The van der Waals surface area contributed by atoms with Gasteiger partial charge in [-0.25, -0.2) is 0 Å². The van der Waals surface area contributed by atoms with Gasteiger partial charge in [-0.15, -0.1) is 0 Å². The molecule has 0 bridgehead atoms. The summed E-state index contributed by atoms with van der Waals surface area (Å²) in [5.41, 5.74) is 1.05. The van der Waals surface area contributed by atoms with E-state index in [0.29, 0.717) is 6.42 Å². The molecule has 1 rings (SSSR count). The van der Waals surface area contributed by atoms with Crippen LogP contribution in [0.4, 0.5) is 0 Å². The standard InChI is InChI=1S/C11H14O3/c1-9(13)14-11(8-12)7-10-5-3-2-4-6-10/h2-6,11-12H,7-8H2,1H3/t11-/m0/s1. The van der Waals surface area contributed by atoms with Crippen LogP contribution in [-0.2, 0) is 16.0 Å². The summed E-state index contributed by atoms with van der Waals surface area (Å²) >= 11 is 0. The van der Waals surface area contributed by atoms with Gasteiger partial charge in [-0.1, -0.05) is 30.3 Å². The van der Waals surface area contributed by atoms with E-state index in [9.17, 15) is 4.79 Å². The fourth-order valence-electron chi connectivity index (χ4n) is 1.26. The number of carbonyl (C=O) groups excluding carboxylic acids is 1. The van der Waals surface area contributed by atoms with Gasteiger partial charge >= 0.3 is 5.97 Å². The molecule has 0 radical (unpaired) electrons. The number of esters is 1. The number of benzene rings is 1. The fraction of sp³-hybridized carbons (Fsp3) is 0.364. The van der Waals surface area contributed by atoms with Crippen molar-refractivity contribution in [3.63, 3.8) is 0 Å². The summed E-state index contributed by atoms with van der Waals surface area (Å²) in [5, 5.41) is 8.96. The largest absolute Gasteiger partial charge is 0.460 e. The summed E-state index contributed by atoms with van der Waals surface area (Å²) in [5.74, 6) is -0.361. The molecule has 0 heterocycles. The van der Waals surface area contributed by atoms with E-state index in [1.807, 2.05) is 30.3 Å². The van der Waals surface area contributed by atoms with E-state index in [0.717, 1.165) is 5.56 Å². The van der Waals surface area contributed by atoms with E-state index >= 15 is 0 Å². The van der Waals surface area contributed by atoms with Crippen molar-refractivity contribution in [2.24, 2.45) is 0 Å². The van der Waals surface area contributed by atoms with Crippen LogP contribution in [0.15, 0.2) is 30.3 Å². The maximum absolute atomic E-state index is 10.7. The highest BCUT2D eigenvalue weighted by atomic mass is 16.5. The summed E-state index contributed by atoms with van der Waals surface area (Å²) in [7, 11) is 0. The van der Waals surface area contributed by atoms with Crippen LogP contribution < -0.4 is 0 Å². The SMILES string of the molecule is CC(=O)O[C@H](CO)Cc1ccccc1. The number of rotatable bonds is 4. The summed E-state index contributed by atoms with van der Waals surface area (Å²) in [6.45, 7) is 1.20. The van der Waals surface area contributed by atoms with E-state index in [4.69, 9.17) is 9.84 Å². The monoisotopic (exact) mass is 194 g/mol. The van der Waals surface area contributed by atoms with Crippen LogP contribution in [0.5, 0.6) is 0 Å². The number of carbonyl (C=O) groups is 1. The van der Waals surface area contributed by atoms with Crippen LogP contribution in [0.1, 0.15) is 12.5 Å². The molecule has 1 atom stereocenters. The lowest BCUT2D eigenvalue weighted by Crippen LogP contribution is -2.22. The molecule has 0 aliphatic rings. The second-order valence-corrected chi connectivity index (χ2v) is 3.10. The summed E-state index contributed by atoms with van der Waals surface area (Å²) < 4.78 is 4.91. The van der Waals surface area contributed by atoms with Crippen molar-refractivity contribution in [1.29, 1.82) is 0 Å². The first kappa shape index (κ1) is 10.7. The van der Waals surface area contributed by atoms with Gasteiger partial charge in [0, 0.05) is 13.3 Å². The molecule has 0 aromatic heterocycles. The van der Waals surface area contributed by atoms with Gasteiger partial charge in [0.1, 0.15) is 6.10 Å². The van der Waals surface area contributed by atoms with Crippen molar-refractivity contribution in [2.75, 3.05) is 6.61 Å². The first-order chi connectivity index (χ1) is 6.72. The normalized spacial score (nSPS) is 12.1. The van der Waals surface area contributed by atoms with Gasteiger partial charge in [0.15, 0.2) is 0 Å². The first-order valence-electron chi connectivity index (χ1n) is 4.54. The summed E-state index contributed by atoms with van der Waals surface area (Å²) in [6.07, 6.45) is 0.117. The Labute approximate surface area is 83.3 Å². The average molecular weight is 194 g/mol. The van der Waals surface area contributed by atoms with Gasteiger partial charge in [0.25, 0.3) is 0 Å². The van der Waals surface area contributed by atoms with Crippen LogP contribution in [0.3, 0.4) is 0 Å². The number of ether oxygens (including phenoxy) is 1. The van der Waals surface area contributed by atoms with Crippen molar-refractivity contribution < 1.29 is 14.6 Å². The van der Waals surface area contributed by atoms with Crippen LogP contribution in [0.2, 0.25) is 0 Å². The second kappa shape index (κ2) is 5.40. The Hall–Kier alpha value is -1.35. The molecule has 3 nitrogen and oxygen atoms in total. The highest BCUT2D eigenvalue weighted by molar-refractivity contribution is 5.66. The maximum atomic E-state index is 10.7. The third-order valence-electron chi connectivity index (χ3n) is 1.84. The lowest BCUT2D eigenvalue weighted by atomic mass is 10.1. The zero-order valence-electron chi connectivity index (χ0n) is 8.14. The Morgan fingerprint density at radius 1 is 1.43 bits per heavy atom. The molecule has 0 saturated carbocycles. The summed E-state index contributed by atoms with van der Waals surface area (Å²) in [6, 6.07) is 9.62. The van der Waals surface area contributed by atoms with E-state index in [1.165, 1.54) is 6.92 Å². The topological polar surface area (TPSA) is 46.5 Å². The van der Waals surface area contributed by atoms with Crippen LogP contribution >= 0.6 is 0 Å². The third kappa shape index (κ3) is 3.58. The molecule has 0 saturated heterocycles. The van der Waals surface area contributed by atoms with Gasteiger partial charge in [0.05, 0.1) is 6.61 Å². The minimum absolute atomic E-state index is 0.144. The predicted molar refractivity (Wildman–Crippen MR) is 52.8 cm³/mol. The molecule has 14 heavy (non-hydrogen) atoms. The lowest BCUT2D eigenvalue weighted by molar-refractivity contribution is -0.148. The Morgan fingerprint density at radius 2 is 2.07 bits per heavy atom. The second-order valence-electron chi connectivity index (χ2n) is 3.10. The molecule has 1 aromatic carbocycles.